The van der Waals surface area contributed by atoms with Crippen LogP contribution in [0.25, 0.3) is 22.2 Å². The van der Waals surface area contributed by atoms with Gasteiger partial charge in [-0.05, 0) is 49.5 Å². The standard InChI is InChI=1S/C22H27N5O/c1-22(2,15-27-10-3-4-11-27)14-21(28)24-20-13-19(25-26-20)17-7-8-18-16(12-17)6-5-9-23-18/h5-9,12-13H,3-4,10-11,14-15H2,1-2H3,(H2,24,25,26,28). The Morgan fingerprint density at radius 2 is 2.04 bits per heavy atom. The summed E-state index contributed by atoms with van der Waals surface area (Å²) in [6.07, 6.45) is 4.81. The first-order valence-electron chi connectivity index (χ1n) is 9.91. The van der Waals surface area contributed by atoms with Crippen molar-refractivity contribution < 1.29 is 4.79 Å². The minimum Gasteiger partial charge on any atom is -0.311 e. The van der Waals surface area contributed by atoms with E-state index < -0.39 is 0 Å². The van der Waals surface area contributed by atoms with Gasteiger partial charge in [0.25, 0.3) is 0 Å². The van der Waals surface area contributed by atoms with Crippen LogP contribution in [0.4, 0.5) is 5.82 Å². The number of H-pyrrole nitrogens is 1. The highest BCUT2D eigenvalue weighted by Crippen LogP contribution is 2.26. The first-order valence-corrected chi connectivity index (χ1v) is 9.91. The van der Waals surface area contributed by atoms with E-state index in [1.807, 2.05) is 30.3 Å². The monoisotopic (exact) mass is 377 g/mol. The molecule has 0 saturated carbocycles. The van der Waals surface area contributed by atoms with Crippen LogP contribution in [0.1, 0.15) is 33.1 Å². The maximum absolute atomic E-state index is 12.5. The van der Waals surface area contributed by atoms with Crippen LogP contribution in [0.2, 0.25) is 0 Å². The van der Waals surface area contributed by atoms with Gasteiger partial charge in [-0.15, -0.1) is 0 Å². The quantitative estimate of drug-likeness (QED) is 0.679. The van der Waals surface area contributed by atoms with E-state index in [1.165, 1.54) is 12.8 Å². The third-order valence-corrected chi connectivity index (χ3v) is 5.24. The topological polar surface area (TPSA) is 73.9 Å². The fourth-order valence-electron chi connectivity index (χ4n) is 4.00. The van der Waals surface area contributed by atoms with E-state index in [2.05, 4.69) is 45.3 Å². The molecule has 2 N–H and O–H groups in total. The molecule has 4 rings (SSSR count). The minimum atomic E-state index is -0.0530. The minimum absolute atomic E-state index is 0.0158. The molecule has 3 heterocycles. The molecule has 0 aliphatic carbocycles. The number of nitrogens with one attached hydrogen (secondary N) is 2. The molecule has 0 radical (unpaired) electrons. The molecule has 1 aliphatic heterocycles. The third kappa shape index (κ3) is 4.39. The van der Waals surface area contributed by atoms with Gasteiger partial charge in [0, 0.05) is 36.2 Å². The van der Waals surface area contributed by atoms with Crippen molar-refractivity contribution in [1.82, 2.24) is 20.1 Å². The molecule has 6 nitrogen and oxygen atoms in total. The average Bonchev–Trinajstić information content (AvgIpc) is 3.32. The number of nitrogens with zero attached hydrogens (tertiary/aromatic N) is 3. The Morgan fingerprint density at radius 3 is 2.86 bits per heavy atom. The second-order valence-corrected chi connectivity index (χ2v) is 8.45. The smallest absolute Gasteiger partial charge is 0.226 e. The van der Waals surface area contributed by atoms with Gasteiger partial charge in [-0.3, -0.25) is 14.9 Å². The predicted molar refractivity (Wildman–Crippen MR) is 112 cm³/mol. The van der Waals surface area contributed by atoms with Crippen molar-refractivity contribution in [2.45, 2.75) is 33.1 Å². The third-order valence-electron chi connectivity index (χ3n) is 5.24. The number of aromatic amines is 1. The second kappa shape index (κ2) is 7.72. The van der Waals surface area contributed by atoms with Crippen LogP contribution in [-0.2, 0) is 4.79 Å². The number of fused-ring (bicyclic) bond motifs is 1. The van der Waals surface area contributed by atoms with E-state index in [9.17, 15) is 4.79 Å². The summed E-state index contributed by atoms with van der Waals surface area (Å²) < 4.78 is 0. The number of pyridine rings is 1. The number of anilines is 1. The van der Waals surface area contributed by atoms with E-state index in [0.717, 1.165) is 41.8 Å². The van der Waals surface area contributed by atoms with Crippen molar-refractivity contribution in [3.63, 3.8) is 0 Å². The fourth-order valence-corrected chi connectivity index (χ4v) is 4.00. The highest BCUT2D eigenvalue weighted by atomic mass is 16.1. The van der Waals surface area contributed by atoms with Crippen LogP contribution in [0.15, 0.2) is 42.6 Å². The Labute approximate surface area is 165 Å². The molecular formula is C22H27N5O. The Balaban J connectivity index is 1.40. The summed E-state index contributed by atoms with van der Waals surface area (Å²) in [4.78, 5) is 19.3. The van der Waals surface area contributed by atoms with E-state index in [1.54, 1.807) is 6.20 Å². The molecule has 3 aromatic rings. The van der Waals surface area contributed by atoms with Crippen LogP contribution in [-0.4, -0.2) is 45.6 Å². The number of hydrogen-bond donors (Lipinski definition) is 2. The summed E-state index contributed by atoms with van der Waals surface area (Å²) in [5.74, 6) is 0.644. The first-order chi connectivity index (χ1) is 13.5. The lowest BCUT2D eigenvalue weighted by Crippen LogP contribution is -2.35. The second-order valence-electron chi connectivity index (χ2n) is 8.45. The molecule has 0 spiro atoms. The van der Waals surface area contributed by atoms with Crippen molar-refractivity contribution >= 4 is 22.6 Å². The number of hydrogen-bond acceptors (Lipinski definition) is 4. The van der Waals surface area contributed by atoms with Gasteiger partial charge < -0.3 is 10.2 Å². The summed E-state index contributed by atoms with van der Waals surface area (Å²) in [6, 6.07) is 11.9. The van der Waals surface area contributed by atoms with E-state index in [-0.39, 0.29) is 11.3 Å². The number of carbonyl (C=O) groups is 1. The molecule has 1 aromatic carbocycles. The number of amides is 1. The highest BCUT2D eigenvalue weighted by Gasteiger charge is 2.26. The van der Waals surface area contributed by atoms with Gasteiger partial charge in [0.15, 0.2) is 0 Å². The molecule has 0 unspecified atom stereocenters. The van der Waals surface area contributed by atoms with Gasteiger partial charge in [0.2, 0.25) is 5.91 Å². The molecule has 1 fully saturated rings. The number of benzene rings is 1. The largest absolute Gasteiger partial charge is 0.311 e. The zero-order valence-corrected chi connectivity index (χ0v) is 16.5. The Bertz CT molecular complexity index is 972. The maximum atomic E-state index is 12.5. The number of rotatable bonds is 6. The summed E-state index contributed by atoms with van der Waals surface area (Å²) in [6.45, 7) is 7.57. The Morgan fingerprint density at radius 1 is 1.21 bits per heavy atom. The first kappa shape index (κ1) is 18.6. The van der Waals surface area contributed by atoms with E-state index in [0.29, 0.717) is 12.2 Å². The van der Waals surface area contributed by atoms with Crippen LogP contribution in [0.5, 0.6) is 0 Å². The average molecular weight is 377 g/mol. The Kier molecular flexibility index (Phi) is 5.13. The van der Waals surface area contributed by atoms with Crippen molar-refractivity contribution in [2.75, 3.05) is 25.0 Å². The molecule has 1 aliphatic rings. The van der Waals surface area contributed by atoms with Crippen molar-refractivity contribution in [2.24, 2.45) is 5.41 Å². The molecule has 0 bridgehead atoms. The summed E-state index contributed by atoms with van der Waals surface area (Å²) in [5, 5.41) is 11.3. The summed E-state index contributed by atoms with van der Waals surface area (Å²) >= 11 is 0. The fraction of sp³-hybridized carbons (Fsp3) is 0.409. The van der Waals surface area contributed by atoms with Crippen molar-refractivity contribution in [3.8, 4) is 11.3 Å². The van der Waals surface area contributed by atoms with Crippen LogP contribution in [0, 0.1) is 5.41 Å². The molecule has 2 aromatic heterocycles. The molecular weight excluding hydrogens is 350 g/mol. The Hall–Kier alpha value is -2.73. The van der Waals surface area contributed by atoms with Crippen LogP contribution in [0.3, 0.4) is 0 Å². The van der Waals surface area contributed by atoms with Crippen molar-refractivity contribution in [1.29, 1.82) is 0 Å². The molecule has 1 saturated heterocycles. The van der Waals surface area contributed by atoms with Gasteiger partial charge >= 0.3 is 0 Å². The number of carbonyl (C=O) groups excluding carboxylic acids is 1. The molecule has 0 atom stereocenters. The number of aromatic nitrogens is 3. The van der Waals surface area contributed by atoms with Crippen molar-refractivity contribution in [3.05, 3.63) is 42.6 Å². The normalized spacial score (nSPS) is 15.2. The van der Waals surface area contributed by atoms with E-state index >= 15 is 0 Å². The van der Waals surface area contributed by atoms with Crippen LogP contribution < -0.4 is 5.32 Å². The maximum Gasteiger partial charge on any atom is 0.226 e. The van der Waals surface area contributed by atoms with Gasteiger partial charge in [-0.1, -0.05) is 26.0 Å². The number of likely N-dealkylation sites (tertiary alicyclic amines) is 1. The predicted octanol–water partition coefficient (Wildman–Crippen LogP) is 4.08. The molecule has 146 valence electrons. The lowest BCUT2D eigenvalue weighted by Gasteiger charge is -2.29. The summed E-state index contributed by atoms with van der Waals surface area (Å²) in [5.41, 5.74) is 2.70. The zero-order valence-electron chi connectivity index (χ0n) is 16.5. The van der Waals surface area contributed by atoms with Gasteiger partial charge in [0.05, 0.1) is 11.2 Å². The van der Waals surface area contributed by atoms with Crippen LogP contribution >= 0.6 is 0 Å². The van der Waals surface area contributed by atoms with Gasteiger partial charge in [0.1, 0.15) is 5.82 Å². The molecule has 6 heteroatoms. The SMILES string of the molecule is CC(C)(CC(=O)Nc1cc(-c2ccc3ncccc3c2)n[nH]1)CN1CCCC1. The highest BCUT2D eigenvalue weighted by molar-refractivity contribution is 5.91. The lowest BCUT2D eigenvalue weighted by atomic mass is 9.88. The van der Waals surface area contributed by atoms with Gasteiger partial charge in [-0.25, -0.2) is 0 Å². The van der Waals surface area contributed by atoms with Gasteiger partial charge in [-0.2, -0.15) is 5.10 Å². The zero-order chi connectivity index (χ0) is 19.6. The molecule has 1 amide bonds. The molecule has 28 heavy (non-hydrogen) atoms. The lowest BCUT2D eigenvalue weighted by molar-refractivity contribution is -0.118. The van der Waals surface area contributed by atoms with E-state index in [4.69, 9.17) is 0 Å². The summed E-state index contributed by atoms with van der Waals surface area (Å²) in [7, 11) is 0.